The highest BCUT2D eigenvalue weighted by Crippen LogP contribution is 2.33. The number of rotatable bonds is 4. The number of aromatic nitrogens is 2. The summed E-state index contributed by atoms with van der Waals surface area (Å²) in [7, 11) is 0. The summed E-state index contributed by atoms with van der Waals surface area (Å²) >= 11 is 0. The van der Waals surface area contributed by atoms with Gasteiger partial charge in [-0.2, -0.15) is 0 Å². The van der Waals surface area contributed by atoms with Gasteiger partial charge < -0.3 is 9.40 Å². The monoisotopic (exact) mass is 407 g/mol. The molecular weight excluding hydrogens is 390 g/mol. The van der Waals surface area contributed by atoms with E-state index in [4.69, 9.17) is 4.42 Å². The normalized spacial score (nSPS) is 13.5. The maximum atomic E-state index is 12.8. The van der Waals surface area contributed by atoms with Crippen molar-refractivity contribution in [3.63, 3.8) is 0 Å². The number of nitrogens with zero attached hydrogens (tertiary/aromatic N) is 2. The number of amides is 2. The number of hydrogen-bond acceptors (Lipinski definition) is 4. The van der Waals surface area contributed by atoms with Gasteiger partial charge in [0.2, 0.25) is 5.89 Å². The van der Waals surface area contributed by atoms with Gasteiger partial charge in [-0.15, -0.1) is 0 Å². The van der Waals surface area contributed by atoms with Crippen LogP contribution in [0.4, 0.5) is 0 Å². The largest absolute Gasteiger partial charge is 0.435 e. The lowest BCUT2D eigenvalue weighted by Gasteiger charge is -2.14. The van der Waals surface area contributed by atoms with E-state index in [1.165, 1.54) is 4.90 Å². The maximum absolute atomic E-state index is 12.8. The van der Waals surface area contributed by atoms with Crippen molar-refractivity contribution in [2.75, 3.05) is 6.54 Å². The van der Waals surface area contributed by atoms with Crippen LogP contribution >= 0.6 is 0 Å². The zero-order chi connectivity index (χ0) is 20.9. The highest BCUT2D eigenvalue weighted by atomic mass is 16.3. The molecule has 1 N–H and O–H groups in total. The lowest BCUT2D eigenvalue weighted by Crippen LogP contribution is -2.31. The molecule has 0 fully saturated rings. The lowest BCUT2D eigenvalue weighted by molar-refractivity contribution is 0.0656. The summed E-state index contributed by atoms with van der Waals surface area (Å²) in [6, 6.07) is 22.5. The van der Waals surface area contributed by atoms with E-state index in [9.17, 15) is 9.59 Å². The number of nitrogens with one attached hydrogen (secondary N) is 1. The zero-order valence-corrected chi connectivity index (χ0v) is 16.5. The number of fused-ring (bicyclic) bond motifs is 3. The molecule has 0 atom stereocenters. The molecule has 0 saturated heterocycles. The Morgan fingerprint density at radius 1 is 0.839 bits per heavy atom. The van der Waals surface area contributed by atoms with Crippen LogP contribution in [0.25, 0.3) is 33.6 Å². The summed E-state index contributed by atoms with van der Waals surface area (Å²) in [6.45, 7) is 0.279. The van der Waals surface area contributed by atoms with E-state index < -0.39 is 0 Å². The Morgan fingerprint density at radius 3 is 2.29 bits per heavy atom. The summed E-state index contributed by atoms with van der Waals surface area (Å²) in [5.74, 6) is 0.00229. The van der Waals surface area contributed by atoms with Crippen molar-refractivity contribution in [1.82, 2.24) is 14.9 Å². The first kappa shape index (κ1) is 17.7. The van der Waals surface area contributed by atoms with Gasteiger partial charge in [0.15, 0.2) is 5.58 Å². The number of aromatic amines is 1. The SMILES string of the molecule is O=C1c2ccccc2C(=O)N1CCc1c(-c2nc3ccccc3o2)[nH]c2ccccc12. The lowest BCUT2D eigenvalue weighted by atomic mass is 10.1. The molecule has 0 radical (unpaired) electrons. The first-order valence-electron chi connectivity index (χ1n) is 10.1. The standard InChI is InChI=1S/C25H17N3O3/c29-24-17-8-1-2-9-18(17)25(30)28(24)14-13-16-15-7-3-4-10-19(15)26-22(16)23-27-20-11-5-6-12-21(20)31-23/h1-12,26H,13-14H2. The van der Waals surface area contributed by atoms with Gasteiger partial charge in [0.05, 0.1) is 11.1 Å². The fourth-order valence-electron chi connectivity index (χ4n) is 4.29. The molecule has 0 aliphatic carbocycles. The maximum Gasteiger partial charge on any atom is 0.261 e. The fourth-order valence-corrected chi connectivity index (χ4v) is 4.29. The smallest absolute Gasteiger partial charge is 0.261 e. The van der Waals surface area contributed by atoms with Crippen LogP contribution in [0.1, 0.15) is 26.3 Å². The van der Waals surface area contributed by atoms with Crippen LogP contribution in [-0.2, 0) is 6.42 Å². The Labute approximate surface area is 177 Å². The van der Waals surface area contributed by atoms with Crippen molar-refractivity contribution >= 4 is 33.8 Å². The number of imide groups is 1. The molecule has 3 heterocycles. The van der Waals surface area contributed by atoms with Gasteiger partial charge in [0, 0.05) is 17.4 Å². The Balaban J connectivity index is 1.40. The van der Waals surface area contributed by atoms with E-state index >= 15 is 0 Å². The fraction of sp³-hybridized carbons (Fsp3) is 0.0800. The molecule has 150 valence electrons. The van der Waals surface area contributed by atoms with Gasteiger partial charge in [0.25, 0.3) is 11.8 Å². The van der Waals surface area contributed by atoms with Crippen molar-refractivity contribution in [2.24, 2.45) is 0 Å². The van der Waals surface area contributed by atoms with Crippen molar-refractivity contribution in [3.8, 4) is 11.6 Å². The minimum atomic E-state index is -0.246. The van der Waals surface area contributed by atoms with E-state index in [1.807, 2.05) is 48.5 Å². The molecule has 31 heavy (non-hydrogen) atoms. The first-order valence-corrected chi connectivity index (χ1v) is 10.1. The van der Waals surface area contributed by atoms with Crippen LogP contribution < -0.4 is 0 Å². The number of oxazole rings is 1. The minimum Gasteiger partial charge on any atom is -0.435 e. The van der Waals surface area contributed by atoms with Gasteiger partial charge >= 0.3 is 0 Å². The zero-order valence-electron chi connectivity index (χ0n) is 16.5. The minimum absolute atomic E-state index is 0.246. The van der Waals surface area contributed by atoms with E-state index in [-0.39, 0.29) is 18.4 Å². The second kappa shape index (κ2) is 6.67. The van der Waals surface area contributed by atoms with Gasteiger partial charge in [-0.05, 0) is 42.3 Å². The Morgan fingerprint density at radius 2 is 1.52 bits per heavy atom. The van der Waals surface area contributed by atoms with Crippen LogP contribution in [0.3, 0.4) is 0 Å². The molecule has 1 aliphatic rings. The van der Waals surface area contributed by atoms with E-state index in [2.05, 4.69) is 9.97 Å². The molecule has 6 nitrogen and oxygen atoms in total. The summed E-state index contributed by atoms with van der Waals surface area (Å²) in [6.07, 6.45) is 0.490. The molecule has 0 saturated carbocycles. The van der Waals surface area contributed by atoms with E-state index in [0.29, 0.717) is 29.0 Å². The summed E-state index contributed by atoms with van der Waals surface area (Å²) < 4.78 is 6.00. The molecule has 3 aromatic carbocycles. The highest BCUT2D eigenvalue weighted by Gasteiger charge is 2.35. The predicted octanol–water partition coefficient (Wildman–Crippen LogP) is 4.81. The molecule has 0 bridgehead atoms. The van der Waals surface area contributed by atoms with Crippen molar-refractivity contribution in [2.45, 2.75) is 6.42 Å². The van der Waals surface area contributed by atoms with Gasteiger partial charge in [-0.1, -0.05) is 42.5 Å². The predicted molar refractivity (Wildman–Crippen MR) is 117 cm³/mol. The molecule has 6 rings (SSSR count). The Kier molecular flexibility index (Phi) is 3.80. The first-order chi connectivity index (χ1) is 15.2. The molecule has 0 spiro atoms. The summed E-state index contributed by atoms with van der Waals surface area (Å²) in [4.78, 5) is 34.9. The molecule has 2 aromatic heterocycles. The number of carbonyl (C=O) groups is 2. The van der Waals surface area contributed by atoms with Gasteiger partial charge in [-0.25, -0.2) is 4.98 Å². The summed E-state index contributed by atoms with van der Waals surface area (Å²) in [5.41, 5.74) is 5.12. The third kappa shape index (κ3) is 2.69. The molecule has 6 heteroatoms. The second-order valence-electron chi connectivity index (χ2n) is 7.57. The molecule has 5 aromatic rings. The van der Waals surface area contributed by atoms with Crippen molar-refractivity contribution in [3.05, 3.63) is 89.5 Å². The highest BCUT2D eigenvalue weighted by molar-refractivity contribution is 6.21. The number of hydrogen-bond donors (Lipinski definition) is 1. The van der Waals surface area contributed by atoms with Crippen molar-refractivity contribution < 1.29 is 14.0 Å². The van der Waals surface area contributed by atoms with Crippen LogP contribution in [0.2, 0.25) is 0 Å². The molecule has 1 aliphatic heterocycles. The van der Waals surface area contributed by atoms with Gasteiger partial charge in [-0.3, -0.25) is 14.5 Å². The van der Waals surface area contributed by atoms with E-state index in [1.54, 1.807) is 24.3 Å². The average Bonchev–Trinajstić information content (AvgIpc) is 3.46. The number of carbonyl (C=O) groups excluding carboxylic acids is 2. The molecular formula is C25H17N3O3. The number of para-hydroxylation sites is 3. The molecule has 0 unspecified atom stereocenters. The Hall–Kier alpha value is -4.19. The van der Waals surface area contributed by atoms with Crippen LogP contribution in [0, 0.1) is 0 Å². The Bertz CT molecular complexity index is 1430. The summed E-state index contributed by atoms with van der Waals surface area (Å²) in [5, 5.41) is 1.02. The quantitative estimate of drug-likeness (QED) is 0.434. The van der Waals surface area contributed by atoms with Crippen LogP contribution in [-0.4, -0.2) is 33.2 Å². The third-order valence-corrected chi connectivity index (χ3v) is 5.78. The average molecular weight is 407 g/mol. The molecule has 2 amide bonds. The van der Waals surface area contributed by atoms with Gasteiger partial charge in [0.1, 0.15) is 11.2 Å². The number of benzene rings is 3. The number of H-pyrrole nitrogens is 1. The second-order valence-corrected chi connectivity index (χ2v) is 7.57. The topological polar surface area (TPSA) is 79.2 Å². The van der Waals surface area contributed by atoms with Crippen LogP contribution in [0.5, 0.6) is 0 Å². The van der Waals surface area contributed by atoms with E-state index in [0.717, 1.165) is 27.7 Å². The van der Waals surface area contributed by atoms with Crippen LogP contribution in [0.15, 0.2) is 77.2 Å². The third-order valence-electron chi connectivity index (χ3n) is 5.78. The van der Waals surface area contributed by atoms with Crippen molar-refractivity contribution in [1.29, 1.82) is 0 Å².